The van der Waals surface area contributed by atoms with E-state index in [1.165, 1.54) is 31.4 Å². The molecular weight excluding hydrogens is 693 g/mol. The highest BCUT2D eigenvalue weighted by molar-refractivity contribution is 6.04. The molecule has 4 aromatic rings. The van der Waals surface area contributed by atoms with Crippen LogP contribution in [0.2, 0.25) is 0 Å². The lowest BCUT2D eigenvalue weighted by molar-refractivity contribution is -0.188. The third-order valence-corrected chi connectivity index (χ3v) is 12.3. The first-order chi connectivity index (χ1) is 25.4. The van der Waals surface area contributed by atoms with Gasteiger partial charge in [0, 0.05) is 60.0 Å². The number of rotatable bonds is 7. The topological polar surface area (TPSA) is 82.0 Å². The predicted molar refractivity (Wildman–Crippen MR) is 188 cm³/mol. The minimum atomic E-state index is -5.02. The zero-order valence-electron chi connectivity index (χ0n) is 28.9. The Morgan fingerprint density at radius 3 is 2.38 bits per heavy atom. The Balaban J connectivity index is 1.11. The number of likely N-dealkylation sites (tertiary alicyclic amines) is 1. The summed E-state index contributed by atoms with van der Waals surface area (Å²) < 4.78 is 80.4. The molecule has 5 aliphatic rings. The molecule has 4 atom stereocenters. The minimum Gasteiger partial charge on any atom is -0.508 e. The second-order valence-corrected chi connectivity index (χ2v) is 15.7. The number of ether oxygens (including phenoxy) is 1. The molecule has 2 saturated carbocycles. The number of aromatic hydroxyl groups is 1. The Morgan fingerprint density at radius 1 is 1.00 bits per heavy atom. The number of piperazine rings is 1. The van der Waals surface area contributed by atoms with E-state index in [0.717, 1.165) is 55.3 Å². The molecule has 4 heterocycles. The van der Waals surface area contributed by atoms with Crippen molar-refractivity contribution in [3.05, 3.63) is 53.6 Å². The Bertz CT molecular complexity index is 2170. The lowest BCUT2D eigenvalue weighted by Crippen LogP contribution is -2.59. The zero-order valence-corrected chi connectivity index (χ0v) is 28.9. The molecule has 5 fully saturated rings. The summed E-state index contributed by atoms with van der Waals surface area (Å²) in [6.45, 7) is 3.31. The highest BCUT2D eigenvalue weighted by Gasteiger charge is 2.52. The predicted octanol–water partition coefficient (Wildman–Crippen LogP) is 7.05. The van der Waals surface area contributed by atoms with Gasteiger partial charge in [0.05, 0.1) is 24.3 Å². The highest BCUT2D eigenvalue weighted by Crippen LogP contribution is 2.49. The van der Waals surface area contributed by atoms with Crippen LogP contribution in [0.5, 0.6) is 11.8 Å². The molecule has 0 spiro atoms. The van der Waals surface area contributed by atoms with Gasteiger partial charge in [0.2, 0.25) is 0 Å². The van der Waals surface area contributed by atoms with E-state index in [0.29, 0.717) is 35.8 Å². The first kappa shape index (κ1) is 34.1. The van der Waals surface area contributed by atoms with Gasteiger partial charge in [-0.2, -0.15) is 23.1 Å². The number of hydrogen-bond acceptors (Lipinski definition) is 7. The third kappa shape index (κ3) is 5.90. The van der Waals surface area contributed by atoms with E-state index in [4.69, 9.17) is 11.2 Å². The van der Waals surface area contributed by atoms with Gasteiger partial charge < -0.3 is 24.5 Å². The van der Waals surface area contributed by atoms with E-state index < -0.39 is 41.4 Å². The molecule has 3 aliphatic heterocycles. The molecule has 3 aromatic carbocycles. The van der Waals surface area contributed by atoms with Gasteiger partial charge in [-0.25, -0.2) is 8.78 Å². The van der Waals surface area contributed by atoms with Crippen molar-refractivity contribution in [1.82, 2.24) is 19.8 Å². The Labute approximate surface area is 302 Å². The molecule has 8 nitrogen and oxygen atoms in total. The van der Waals surface area contributed by atoms with E-state index in [2.05, 4.69) is 20.8 Å². The number of hydrogen-bond donors (Lipinski definition) is 1. The Kier molecular flexibility index (Phi) is 8.00. The molecule has 2 bridgehead atoms. The number of carbonyl (C=O) groups is 1. The fourth-order valence-corrected chi connectivity index (χ4v) is 9.67. The number of benzene rings is 3. The van der Waals surface area contributed by atoms with Gasteiger partial charge >= 0.3 is 18.1 Å². The lowest BCUT2D eigenvalue weighted by Gasteiger charge is -2.42. The van der Waals surface area contributed by atoms with Gasteiger partial charge in [0.1, 0.15) is 22.9 Å². The molecule has 1 N–H and O–H groups in total. The van der Waals surface area contributed by atoms with Crippen LogP contribution < -0.4 is 9.64 Å². The van der Waals surface area contributed by atoms with E-state index >= 15 is 8.78 Å². The van der Waals surface area contributed by atoms with Crippen molar-refractivity contribution in [2.24, 2.45) is 17.3 Å². The standard InChI is InChI=1S/C40H38F5N5O3/c1-2-22-5-3-6-23-13-28(51)14-29(32(22)23)33-31(41)15-30-35(34(33)42)46-38(53-21-39(11-12-39)20-48-16-24-7-4-8-25(24)17-48)47-36(30)49-18-26-9-10-27(19-49)50(26)37(52)40(43,44)45/h1,3,5-6,13-15,24-27,51H,4,7-12,16-21H2. The average Bonchev–Trinajstić information content (AvgIpc) is 3.42. The second-order valence-electron chi connectivity index (χ2n) is 15.7. The largest absolute Gasteiger partial charge is 0.508 e. The van der Waals surface area contributed by atoms with Gasteiger partial charge in [-0.15, -0.1) is 6.42 Å². The number of halogens is 5. The van der Waals surface area contributed by atoms with E-state index in [1.807, 2.05) is 0 Å². The van der Waals surface area contributed by atoms with E-state index in [9.17, 15) is 23.1 Å². The van der Waals surface area contributed by atoms with Crippen LogP contribution in [0.25, 0.3) is 32.8 Å². The summed E-state index contributed by atoms with van der Waals surface area (Å²) >= 11 is 0. The molecule has 3 saturated heterocycles. The van der Waals surface area contributed by atoms with Crippen molar-refractivity contribution >= 4 is 33.4 Å². The number of anilines is 1. The smallest absolute Gasteiger partial charge is 0.471 e. The molecule has 0 radical (unpaired) electrons. The van der Waals surface area contributed by atoms with Gasteiger partial charge in [-0.1, -0.05) is 24.5 Å². The molecule has 2 aliphatic carbocycles. The van der Waals surface area contributed by atoms with Gasteiger partial charge in [0.25, 0.3) is 0 Å². The lowest BCUT2D eigenvalue weighted by atomic mass is 9.93. The maximum Gasteiger partial charge on any atom is 0.471 e. The first-order valence-electron chi connectivity index (χ1n) is 18.3. The minimum absolute atomic E-state index is 0.0115. The highest BCUT2D eigenvalue weighted by atomic mass is 19.4. The number of terminal acetylenes is 1. The van der Waals surface area contributed by atoms with Crippen molar-refractivity contribution in [3.8, 4) is 35.2 Å². The normalized spacial score (nSPS) is 24.9. The number of phenols is 1. The van der Waals surface area contributed by atoms with Crippen molar-refractivity contribution in [1.29, 1.82) is 0 Å². The Morgan fingerprint density at radius 2 is 1.72 bits per heavy atom. The number of fused-ring (bicyclic) bond motifs is 5. The number of phenolic OH excluding ortho intramolecular Hbond substituents is 1. The summed E-state index contributed by atoms with van der Waals surface area (Å²) in [6.07, 6.45) is 7.24. The summed E-state index contributed by atoms with van der Waals surface area (Å²) in [5, 5.41) is 11.5. The zero-order chi connectivity index (χ0) is 36.8. The van der Waals surface area contributed by atoms with Crippen LogP contribution in [0.3, 0.4) is 0 Å². The van der Waals surface area contributed by atoms with Crippen LogP contribution in [-0.2, 0) is 4.79 Å². The van der Waals surface area contributed by atoms with Crippen LogP contribution >= 0.6 is 0 Å². The summed E-state index contributed by atoms with van der Waals surface area (Å²) in [6, 6.07) is 7.20. The quantitative estimate of drug-likeness (QED) is 0.161. The van der Waals surface area contributed by atoms with Crippen molar-refractivity contribution in [3.63, 3.8) is 0 Å². The Hall–Kier alpha value is -4.70. The van der Waals surface area contributed by atoms with E-state index in [1.54, 1.807) is 23.1 Å². The number of nitrogens with zero attached hydrogens (tertiary/aromatic N) is 5. The van der Waals surface area contributed by atoms with Crippen molar-refractivity contribution in [2.75, 3.05) is 44.2 Å². The van der Waals surface area contributed by atoms with Crippen LogP contribution in [0.4, 0.5) is 27.8 Å². The maximum atomic E-state index is 17.1. The number of amides is 1. The molecule has 53 heavy (non-hydrogen) atoms. The number of alkyl halides is 3. The van der Waals surface area contributed by atoms with Crippen molar-refractivity contribution in [2.45, 2.75) is 63.2 Å². The molecule has 1 aromatic heterocycles. The molecule has 13 heteroatoms. The summed E-state index contributed by atoms with van der Waals surface area (Å²) in [4.78, 5) is 26.7. The molecular formula is C40H38F5N5O3. The molecule has 9 rings (SSSR count). The van der Waals surface area contributed by atoms with Gasteiger partial charge in [-0.3, -0.25) is 4.79 Å². The van der Waals surface area contributed by atoms with Crippen molar-refractivity contribution < 1.29 is 36.6 Å². The van der Waals surface area contributed by atoms with Crippen LogP contribution in [-0.4, -0.2) is 88.4 Å². The maximum absolute atomic E-state index is 17.1. The summed E-state index contributed by atoms with van der Waals surface area (Å²) in [5.74, 6) is 0.0912. The fourth-order valence-electron chi connectivity index (χ4n) is 9.67. The third-order valence-electron chi connectivity index (χ3n) is 12.3. The monoisotopic (exact) mass is 731 g/mol. The van der Waals surface area contributed by atoms with Crippen LogP contribution in [0, 0.1) is 41.2 Å². The van der Waals surface area contributed by atoms with Crippen LogP contribution in [0.15, 0.2) is 36.4 Å². The van der Waals surface area contributed by atoms with E-state index in [-0.39, 0.29) is 52.5 Å². The van der Waals surface area contributed by atoms with Gasteiger partial charge in [0.15, 0.2) is 5.82 Å². The second kappa shape index (κ2) is 12.4. The fraction of sp³-hybridized carbons (Fsp3) is 0.475. The van der Waals surface area contributed by atoms with Crippen LogP contribution in [0.1, 0.15) is 50.5 Å². The molecule has 276 valence electrons. The molecule has 4 unspecified atom stereocenters. The average molecular weight is 732 g/mol. The molecule has 1 amide bonds. The number of aromatic nitrogens is 2. The number of carbonyl (C=O) groups excluding carboxylic acids is 1. The summed E-state index contributed by atoms with van der Waals surface area (Å²) in [7, 11) is 0. The SMILES string of the molecule is C#Cc1cccc2cc(O)cc(-c3c(F)cc4c(N5CC6CCC(C5)N6C(=O)C(F)(F)F)nc(OCC5(CN6CC7CCCC7C6)CC5)nc4c3F)c12. The van der Waals surface area contributed by atoms with Gasteiger partial charge in [-0.05, 0) is 80.0 Å². The first-order valence-corrected chi connectivity index (χ1v) is 18.3. The summed E-state index contributed by atoms with van der Waals surface area (Å²) in [5.41, 5.74) is -0.372.